The van der Waals surface area contributed by atoms with E-state index in [9.17, 15) is 13.9 Å². The molecule has 3 N–H and O–H groups in total. The van der Waals surface area contributed by atoms with E-state index in [2.05, 4.69) is 25.3 Å². The Kier molecular flexibility index (Phi) is 11.4. The number of benzene rings is 1. The second-order valence-electron chi connectivity index (χ2n) is 6.16. The van der Waals surface area contributed by atoms with Crippen LogP contribution in [-0.4, -0.2) is 42.3 Å². The number of aromatic nitrogens is 1. The highest BCUT2D eigenvalue weighted by Crippen LogP contribution is 2.19. The summed E-state index contributed by atoms with van der Waals surface area (Å²) >= 11 is 0. The summed E-state index contributed by atoms with van der Waals surface area (Å²) in [6, 6.07) is 7.88. The zero-order chi connectivity index (χ0) is 20.4. The van der Waals surface area contributed by atoms with Crippen molar-refractivity contribution in [2.75, 3.05) is 19.6 Å². The Balaban J connectivity index is 0.00000420. The van der Waals surface area contributed by atoms with Gasteiger partial charge >= 0.3 is 6.61 Å². The largest absolute Gasteiger partial charge is 0.435 e. The highest BCUT2D eigenvalue weighted by molar-refractivity contribution is 14.0. The zero-order valence-electron chi connectivity index (χ0n) is 16.4. The number of aryl methyl sites for hydroxylation is 1. The molecule has 0 bridgehead atoms. The fraction of sp³-hybridized carbons (Fsp3) is 0.400. The van der Waals surface area contributed by atoms with Crippen molar-refractivity contribution >= 4 is 29.9 Å². The molecule has 1 aromatic carbocycles. The van der Waals surface area contributed by atoms with E-state index in [1.807, 2.05) is 26.1 Å². The molecule has 0 aliphatic rings. The van der Waals surface area contributed by atoms with Gasteiger partial charge in [-0.1, -0.05) is 12.1 Å². The summed E-state index contributed by atoms with van der Waals surface area (Å²) in [7, 11) is 0. The molecule has 1 atom stereocenters. The maximum absolute atomic E-state index is 12.2. The SMILES string of the molecule is CCNC(=NCC(O)c1ccc(OC(F)F)cc1)NCCc1ccncc1C.I. The molecule has 0 radical (unpaired) electrons. The number of hydrogen-bond donors (Lipinski definition) is 3. The van der Waals surface area contributed by atoms with Gasteiger partial charge in [-0.3, -0.25) is 9.98 Å². The maximum atomic E-state index is 12.2. The molecule has 0 saturated carbocycles. The lowest BCUT2D eigenvalue weighted by Gasteiger charge is -2.14. The molecule has 0 amide bonds. The van der Waals surface area contributed by atoms with Gasteiger partial charge in [-0.15, -0.1) is 24.0 Å². The number of ether oxygens (including phenoxy) is 1. The Bertz CT molecular complexity index is 760. The van der Waals surface area contributed by atoms with Gasteiger partial charge in [0.05, 0.1) is 12.6 Å². The first-order chi connectivity index (χ1) is 13.5. The Labute approximate surface area is 186 Å². The Morgan fingerprint density at radius 1 is 1.21 bits per heavy atom. The summed E-state index contributed by atoms with van der Waals surface area (Å²) in [5.41, 5.74) is 2.93. The van der Waals surface area contributed by atoms with Crippen LogP contribution < -0.4 is 15.4 Å². The molecule has 9 heteroatoms. The molecule has 0 saturated heterocycles. The fourth-order valence-electron chi connectivity index (χ4n) is 2.59. The lowest BCUT2D eigenvalue weighted by atomic mass is 10.1. The lowest BCUT2D eigenvalue weighted by molar-refractivity contribution is -0.0498. The molecular weight excluding hydrogens is 493 g/mol. The molecule has 0 spiro atoms. The molecule has 2 rings (SSSR count). The average molecular weight is 520 g/mol. The van der Waals surface area contributed by atoms with Crippen molar-refractivity contribution in [2.24, 2.45) is 4.99 Å². The van der Waals surface area contributed by atoms with Crippen LogP contribution in [-0.2, 0) is 6.42 Å². The quantitative estimate of drug-likeness (QED) is 0.268. The van der Waals surface area contributed by atoms with Crippen molar-refractivity contribution in [2.45, 2.75) is 33.0 Å². The minimum atomic E-state index is -2.87. The second kappa shape index (κ2) is 13.3. The van der Waals surface area contributed by atoms with Crippen LogP contribution in [0.2, 0.25) is 0 Å². The highest BCUT2D eigenvalue weighted by Gasteiger charge is 2.09. The fourth-order valence-corrected chi connectivity index (χ4v) is 2.59. The van der Waals surface area contributed by atoms with Crippen LogP contribution in [0.15, 0.2) is 47.7 Å². The van der Waals surface area contributed by atoms with Crippen molar-refractivity contribution in [3.8, 4) is 5.75 Å². The van der Waals surface area contributed by atoms with E-state index < -0.39 is 12.7 Å². The molecule has 160 valence electrons. The first-order valence-corrected chi connectivity index (χ1v) is 9.14. The molecule has 0 aliphatic heterocycles. The van der Waals surface area contributed by atoms with Crippen molar-refractivity contribution in [1.29, 1.82) is 0 Å². The van der Waals surface area contributed by atoms with Crippen molar-refractivity contribution in [1.82, 2.24) is 15.6 Å². The smallest absolute Gasteiger partial charge is 0.387 e. The van der Waals surface area contributed by atoms with E-state index in [4.69, 9.17) is 0 Å². The molecule has 1 unspecified atom stereocenters. The number of nitrogens with zero attached hydrogens (tertiary/aromatic N) is 2. The molecule has 1 aromatic heterocycles. The number of alkyl halides is 2. The van der Waals surface area contributed by atoms with Crippen LogP contribution in [0.3, 0.4) is 0 Å². The summed E-state index contributed by atoms with van der Waals surface area (Å²) < 4.78 is 28.7. The zero-order valence-corrected chi connectivity index (χ0v) is 18.8. The normalized spacial score (nSPS) is 12.3. The van der Waals surface area contributed by atoms with E-state index >= 15 is 0 Å². The molecule has 2 aromatic rings. The van der Waals surface area contributed by atoms with Gasteiger partial charge in [0.2, 0.25) is 0 Å². The van der Waals surface area contributed by atoms with E-state index in [0.29, 0.717) is 24.6 Å². The predicted octanol–water partition coefficient (Wildman–Crippen LogP) is 3.44. The molecule has 0 aliphatic carbocycles. The summed E-state index contributed by atoms with van der Waals surface area (Å²) in [6.45, 7) is 2.63. The molecule has 0 fully saturated rings. The van der Waals surface area contributed by atoms with Gasteiger partial charge in [0.15, 0.2) is 5.96 Å². The van der Waals surface area contributed by atoms with Crippen LogP contribution in [0.25, 0.3) is 0 Å². The van der Waals surface area contributed by atoms with Crippen LogP contribution in [0, 0.1) is 6.92 Å². The van der Waals surface area contributed by atoms with Gasteiger partial charge < -0.3 is 20.5 Å². The lowest BCUT2D eigenvalue weighted by Crippen LogP contribution is -2.38. The first kappa shape index (κ1) is 25.0. The summed E-state index contributed by atoms with van der Waals surface area (Å²) in [6.07, 6.45) is 3.59. The number of guanidine groups is 1. The molecule has 1 heterocycles. The third-order valence-corrected chi connectivity index (χ3v) is 4.08. The topological polar surface area (TPSA) is 78.8 Å². The van der Waals surface area contributed by atoms with Gasteiger partial charge in [0.1, 0.15) is 5.75 Å². The van der Waals surface area contributed by atoms with Crippen molar-refractivity contribution in [3.63, 3.8) is 0 Å². The number of aliphatic imine (C=N–C) groups is 1. The van der Waals surface area contributed by atoms with Crippen LogP contribution in [0.5, 0.6) is 5.75 Å². The Morgan fingerprint density at radius 3 is 2.55 bits per heavy atom. The number of pyridine rings is 1. The van der Waals surface area contributed by atoms with Gasteiger partial charge in [-0.25, -0.2) is 0 Å². The van der Waals surface area contributed by atoms with Crippen molar-refractivity contribution in [3.05, 3.63) is 59.4 Å². The Hall–Kier alpha value is -2.01. The number of rotatable bonds is 9. The van der Waals surface area contributed by atoms with Gasteiger partial charge in [-0.2, -0.15) is 8.78 Å². The number of nitrogens with one attached hydrogen (secondary N) is 2. The Morgan fingerprint density at radius 2 is 1.93 bits per heavy atom. The van der Waals surface area contributed by atoms with Crippen LogP contribution in [0.4, 0.5) is 8.78 Å². The second-order valence-corrected chi connectivity index (χ2v) is 6.16. The summed E-state index contributed by atoms with van der Waals surface area (Å²) in [5, 5.41) is 16.7. The average Bonchev–Trinajstić information content (AvgIpc) is 2.67. The number of hydrogen-bond acceptors (Lipinski definition) is 4. The molecular formula is C20H27F2IN4O2. The highest BCUT2D eigenvalue weighted by atomic mass is 127. The predicted molar refractivity (Wildman–Crippen MR) is 120 cm³/mol. The van der Waals surface area contributed by atoms with Crippen molar-refractivity contribution < 1.29 is 18.6 Å². The standard InChI is InChI=1S/C20H26F2N4O2.HI/c1-3-24-20(25-11-9-15-8-10-23-12-14(15)2)26-13-18(27)16-4-6-17(7-5-16)28-19(21)22;/h4-8,10,12,18-19,27H,3,9,11,13H2,1-2H3,(H2,24,25,26);1H. The third-order valence-electron chi connectivity index (χ3n) is 4.08. The number of aliphatic hydroxyl groups excluding tert-OH is 1. The summed E-state index contributed by atoms with van der Waals surface area (Å²) in [4.78, 5) is 8.48. The van der Waals surface area contributed by atoms with E-state index in [1.54, 1.807) is 18.3 Å². The van der Waals surface area contributed by atoms with Gasteiger partial charge in [0, 0.05) is 25.5 Å². The third kappa shape index (κ3) is 8.90. The minimum Gasteiger partial charge on any atom is -0.435 e. The molecule has 6 nitrogen and oxygen atoms in total. The van der Waals surface area contributed by atoms with Crippen LogP contribution in [0.1, 0.15) is 29.7 Å². The van der Waals surface area contributed by atoms with Gasteiger partial charge in [-0.05, 0) is 55.2 Å². The maximum Gasteiger partial charge on any atom is 0.387 e. The monoisotopic (exact) mass is 520 g/mol. The van der Waals surface area contributed by atoms with E-state index in [1.165, 1.54) is 17.7 Å². The molecule has 29 heavy (non-hydrogen) atoms. The van der Waals surface area contributed by atoms with Gasteiger partial charge in [0.25, 0.3) is 0 Å². The minimum absolute atomic E-state index is 0. The van der Waals surface area contributed by atoms with Crippen LogP contribution >= 0.6 is 24.0 Å². The first-order valence-electron chi connectivity index (χ1n) is 9.14. The number of aliphatic hydroxyl groups is 1. The van der Waals surface area contributed by atoms with E-state index in [0.717, 1.165) is 12.0 Å². The summed E-state index contributed by atoms with van der Waals surface area (Å²) in [5.74, 6) is 0.654. The van der Waals surface area contributed by atoms with E-state index in [-0.39, 0.29) is 36.3 Å². The number of halogens is 3.